The van der Waals surface area contributed by atoms with Crippen LogP contribution < -0.4 is 9.44 Å². The Balaban J connectivity index is 2.20. The van der Waals surface area contributed by atoms with Crippen LogP contribution >= 0.6 is 0 Å². The molecule has 0 fully saturated rings. The zero-order valence-corrected chi connectivity index (χ0v) is 13.2. The van der Waals surface area contributed by atoms with E-state index in [1.165, 1.54) is 25.2 Å². The molecule has 2 N–H and O–H groups in total. The van der Waals surface area contributed by atoms with Gasteiger partial charge in [-0.1, -0.05) is 18.2 Å². The van der Waals surface area contributed by atoms with Crippen molar-refractivity contribution in [2.24, 2.45) is 5.92 Å². The van der Waals surface area contributed by atoms with Crippen LogP contribution in [0.1, 0.15) is 12.8 Å². The smallest absolute Gasteiger partial charge is 0.214 e. The number of sulfonamides is 2. The van der Waals surface area contributed by atoms with E-state index in [1.54, 1.807) is 0 Å². The molecule has 0 spiro atoms. The van der Waals surface area contributed by atoms with Crippen LogP contribution in [0.3, 0.4) is 0 Å². The maximum atomic E-state index is 12.2. The molecule has 1 atom stereocenters. The minimum Gasteiger partial charge on any atom is -0.214 e. The van der Waals surface area contributed by atoms with Crippen molar-refractivity contribution >= 4 is 20.0 Å². The lowest BCUT2D eigenvalue weighted by Crippen LogP contribution is -2.28. The van der Waals surface area contributed by atoms with Gasteiger partial charge in [-0.3, -0.25) is 0 Å². The monoisotopic (exact) mass is 330 g/mol. The van der Waals surface area contributed by atoms with E-state index in [0.29, 0.717) is 6.54 Å². The Morgan fingerprint density at radius 2 is 1.81 bits per heavy atom. The molecular weight excluding hydrogens is 312 g/mol. The minimum atomic E-state index is -3.71. The van der Waals surface area contributed by atoms with Crippen molar-refractivity contribution in [2.45, 2.75) is 22.6 Å². The molecule has 0 saturated carbocycles. The van der Waals surface area contributed by atoms with Crippen LogP contribution in [-0.4, -0.2) is 30.4 Å². The van der Waals surface area contributed by atoms with Gasteiger partial charge in [0.25, 0.3) is 0 Å². The fourth-order valence-electron chi connectivity index (χ4n) is 2.09. The maximum absolute atomic E-state index is 12.2. The molecule has 21 heavy (non-hydrogen) atoms. The van der Waals surface area contributed by atoms with Crippen molar-refractivity contribution in [3.05, 3.63) is 36.4 Å². The molecule has 0 radical (unpaired) electrons. The van der Waals surface area contributed by atoms with E-state index in [-0.39, 0.29) is 15.7 Å². The summed E-state index contributed by atoms with van der Waals surface area (Å²) in [6.07, 6.45) is 5.91. The molecule has 1 aromatic carbocycles. The lowest BCUT2D eigenvalue weighted by atomic mass is 10.1. The summed E-state index contributed by atoms with van der Waals surface area (Å²) in [6, 6.07) is 5.29. The Kier molecular flexibility index (Phi) is 4.82. The Labute approximate surface area is 125 Å². The van der Waals surface area contributed by atoms with Crippen molar-refractivity contribution in [1.82, 2.24) is 9.44 Å². The van der Waals surface area contributed by atoms with Gasteiger partial charge >= 0.3 is 0 Å². The van der Waals surface area contributed by atoms with Crippen LogP contribution in [-0.2, 0) is 20.0 Å². The lowest BCUT2D eigenvalue weighted by molar-refractivity contribution is 0.558. The van der Waals surface area contributed by atoms with Crippen LogP contribution in [0, 0.1) is 5.92 Å². The topological polar surface area (TPSA) is 92.3 Å². The molecule has 1 aromatic rings. The first-order chi connectivity index (χ1) is 9.85. The predicted molar refractivity (Wildman–Crippen MR) is 79.7 cm³/mol. The summed E-state index contributed by atoms with van der Waals surface area (Å²) in [7, 11) is -6.10. The van der Waals surface area contributed by atoms with E-state index in [2.05, 4.69) is 9.44 Å². The molecule has 0 bridgehead atoms. The summed E-state index contributed by atoms with van der Waals surface area (Å²) in [4.78, 5) is -0.130. The summed E-state index contributed by atoms with van der Waals surface area (Å²) in [5.41, 5.74) is 0. The average molecular weight is 330 g/mol. The van der Waals surface area contributed by atoms with E-state index in [9.17, 15) is 16.8 Å². The zero-order valence-electron chi connectivity index (χ0n) is 11.6. The Morgan fingerprint density at radius 3 is 2.38 bits per heavy atom. The first-order valence-electron chi connectivity index (χ1n) is 6.55. The predicted octanol–water partition coefficient (Wildman–Crippen LogP) is 0.839. The largest absolute Gasteiger partial charge is 0.240 e. The Hall–Kier alpha value is -1.22. The second-order valence-corrected chi connectivity index (χ2v) is 8.45. The second kappa shape index (κ2) is 6.27. The Morgan fingerprint density at radius 1 is 1.14 bits per heavy atom. The van der Waals surface area contributed by atoms with Gasteiger partial charge in [0.2, 0.25) is 20.0 Å². The van der Waals surface area contributed by atoms with E-state index in [1.807, 2.05) is 12.2 Å². The van der Waals surface area contributed by atoms with Crippen molar-refractivity contribution in [1.29, 1.82) is 0 Å². The minimum absolute atomic E-state index is 0.0548. The van der Waals surface area contributed by atoms with Gasteiger partial charge < -0.3 is 0 Å². The van der Waals surface area contributed by atoms with Crippen LogP contribution in [0.4, 0.5) is 0 Å². The van der Waals surface area contributed by atoms with Gasteiger partial charge in [-0.15, -0.1) is 0 Å². The number of hydrogen-bond donors (Lipinski definition) is 2. The number of hydrogen-bond acceptors (Lipinski definition) is 4. The summed E-state index contributed by atoms with van der Waals surface area (Å²) < 4.78 is 52.5. The number of benzene rings is 1. The number of nitrogens with one attached hydrogen (secondary N) is 2. The molecule has 1 aliphatic rings. The summed E-state index contributed by atoms with van der Waals surface area (Å²) in [5, 5.41) is 0. The highest BCUT2D eigenvalue weighted by Crippen LogP contribution is 2.18. The van der Waals surface area contributed by atoms with Gasteiger partial charge in [0.1, 0.15) is 0 Å². The van der Waals surface area contributed by atoms with Gasteiger partial charge in [-0.25, -0.2) is 26.3 Å². The van der Waals surface area contributed by atoms with Crippen LogP contribution in [0.5, 0.6) is 0 Å². The van der Waals surface area contributed by atoms with E-state index >= 15 is 0 Å². The zero-order chi connectivity index (χ0) is 15.5. The number of rotatable bonds is 6. The van der Waals surface area contributed by atoms with Gasteiger partial charge in [0, 0.05) is 6.54 Å². The molecule has 0 aliphatic heterocycles. The highest BCUT2D eigenvalue weighted by atomic mass is 32.2. The molecule has 8 heteroatoms. The fraction of sp³-hybridized carbons (Fsp3) is 0.385. The normalized spacial score (nSPS) is 19.0. The molecule has 0 saturated heterocycles. The lowest BCUT2D eigenvalue weighted by Gasteiger charge is -2.11. The van der Waals surface area contributed by atoms with Crippen molar-refractivity contribution in [3.8, 4) is 0 Å². The van der Waals surface area contributed by atoms with Crippen LogP contribution in [0.25, 0.3) is 0 Å². The second-order valence-electron chi connectivity index (χ2n) is 4.80. The van der Waals surface area contributed by atoms with Crippen molar-refractivity contribution in [3.63, 3.8) is 0 Å². The molecule has 1 aliphatic carbocycles. The molecule has 116 valence electrons. The van der Waals surface area contributed by atoms with Crippen molar-refractivity contribution in [2.75, 3.05) is 13.6 Å². The SMILES string of the molecule is CNS(=O)(=O)c1cccc(S(=O)(=O)NCC2C=CCC2)c1. The quantitative estimate of drug-likeness (QED) is 0.756. The third-order valence-electron chi connectivity index (χ3n) is 3.34. The number of allylic oxidation sites excluding steroid dienone is 1. The van der Waals surface area contributed by atoms with Gasteiger partial charge in [-0.05, 0) is 44.0 Å². The molecule has 0 aromatic heterocycles. The molecule has 6 nitrogen and oxygen atoms in total. The van der Waals surface area contributed by atoms with E-state index in [0.717, 1.165) is 18.9 Å². The summed E-state index contributed by atoms with van der Waals surface area (Å²) in [5.74, 6) is 0.198. The standard InChI is InChI=1S/C13H18N2O4S2/c1-14-20(16,17)12-7-4-8-13(9-12)21(18,19)15-10-11-5-2-3-6-11/h2,4-5,7-9,11,14-15H,3,6,10H2,1H3. The molecule has 2 rings (SSSR count). The van der Waals surface area contributed by atoms with Gasteiger partial charge in [0.05, 0.1) is 9.79 Å². The fourth-order valence-corrected chi connectivity index (χ4v) is 4.08. The first kappa shape index (κ1) is 16.2. The highest BCUT2D eigenvalue weighted by Gasteiger charge is 2.20. The first-order valence-corrected chi connectivity index (χ1v) is 9.52. The third kappa shape index (κ3) is 3.91. The van der Waals surface area contributed by atoms with Crippen LogP contribution in [0.15, 0.2) is 46.2 Å². The van der Waals surface area contributed by atoms with E-state index < -0.39 is 20.0 Å². The Bertz CT molecular complexity index is 739. The molecule has 0 heterocycles. The maximum Gasteiger partial charge on any atom is 0.240 e. The molecule has 1 unspecified atom stereocenters. The average Bonchev–Trinajstić information content (AvgIpc) is 2.99. The molecular formula is C13H18N2O4S2. The van der Waals surface area contributed by atoms with Gasteiger partial charge in [0.15, 0.2) is 0 Å². The summed E-state index contributed by atoms with van der Waals surface area (Å²) in [6.45, 7) is 0.321. The molecule has 0 amide bonds. The summed E-state index contributed by atoms with van der Waals surface area (Å²) >= 11 is 0. The van der Waals surface area contributed by atoms with Gasteiger partial charge in [-0.2, -0.15) is 0 Å². The highest BCUT2D eigenvalue weighted by molar-refractivity contribution is 7.90. The van der Waals surface area contributed by atoms with Crippen LogP contribution in [0.2, 0.25) is 0 Å². The third-order valence-corrected chi connectivity index (χ3v) is 6.18. The van der Waals surface area contributed by atoms with E-state index in [4.69, 9.17) is 0 Å². The van der Waals surface area contributed by atoms with Crippen molar-refractivity contribution < 1.29 is 16.8 Å².